The van der Waals surface area contributed by atoms with Crippen LogP contribution in [0.3, 0.4) is 0 Å². The number of pyridine rings is 1. The van der Waals surface area contributed by atoms with E-state index in [4.69, 9.17) is 14.4 Å². The Hall–Kier alpha value is -3.63. The Morgan fingerprint density at radius 2 is 2.18 bits per heavy atom. The van der Waals surface area contributed by atoms with Crippen molar-refractivity contribution in [2.45, 2.75) is 31.9 Å². The number of imidazole rings is 1. The quantitative estimate of drug-likeness (QED) is 0.365. The summed E-state index contributed by atoms with van der Waals surface area (Å²) in [6.45, 7) is 2.69. The first-order valence-corrected chi connectivity index (χ1v) is 11.1. The molecule has 0 aliphatic heterocycles. The van der Waals surface area contributed by atoms with Crippen molar-refractivity contribution in [2.75, 3.05) is 25.1 Å². The molecule has 1 amide bonds. The fourth-order valence-corrected chi connectivity index (χ4v) is 3.71. The number of nitrogens with one attached hydrogen (secondary N) is 1. The van der Waals surface area contributed by atoms with Crippen molar-refractivity contribution in [1.82, 2.24) is 19.5 Å². The highest BCUT2D eigenvalue weighted by Crippen LogP contribution is 2.43. The van der Waals surface area contributed by atoms with E-state index in [-0.39, 0.29) is 18.4 Å². The van der Waals surface area contributed by atoms with Gasteiger partial charge in [0.05, 0.1) is 31.9 Å². The molecule has 176 valence electrons. The number of aromatic nitrogens is 4. The minimum Gasteiger partial charge on any atom is -0.394 e. The number of benzene rings is 1. The lowest BCUT2D eigenvalue weighted by Gasteiger charge is -2.10. The van der Waals surface area contributed by atoms with Crippen molar-refractivity contribution in [3.63, 3.8) is 0 Å². The zero-order valence-electron chi connectivity index (χ0n) is 18.6. The third-order valence-corrected chi connectivity index (χ3v) is 5.80. The number of fused-ring (bicyclic) bond motifs is 1. The minimum absolute atomic E-state index is 0.00366. The molecular formula is C24H24FN5O4. The van der Waals surface area contributed by atoms with E-state index in [2.05, 4.69) is 20.4 Å². The first kappa shape index (κ1) is 22.2. The highest BCUT2D eigenvalue weighted by atomic mass is 19.1. The maximum atomic E-state index is 13.3. The Morgan fingerprint density at radius 1 is 1.32 bits per heavy atom. The number of aryl methyl sites for hydroxylation is 1. The van der Waals surface area contributed by atoms with Gasteiger partial charge in [0.15, 0.2) is 0 Å². The Balaban J connectivity index is 1.32. The molecule has 34 heavy (non-hydrogen) atoms. The van der Waals surface area contributed by atoms with E-state index in [1.807, 2.05) is 31.2 Å². The van der Waals surface area contributed by atoms with Crippen molar-refractivity contribution in [2.24, 2.45) is 0 Å². The average Bonchev–Trinajstić information content (AvgIpc) is 3.22. The number of amides is 1. The van der Waals surface area contributed by atoms with Crippen LogP contribution in [0.25, 0.3) is 17.0 Å². The summed E-state index contributed by atoms with van der Waals surface area (Å²) in [6, 6.07) is 9.28. The van der Waals surface area contributed by atoms with Gasteiger partial charge in [-0.15, -0.1) is 0 Å². The van der Waals surface area contributed by atoms with E-state index >= 15 is 0 Å². The van der Waals surface area contributed by atoms with Gasteiger partial charge in [0.1, 0.15) is 17.5 Å². The molecule has 2 N–H and O–H groups in total. The molecule has 10 heteroatoms. The van der Waals surface area contributed by atoms with E-state index in [1.165, 1.54) is 6.20 Å². The van der Waals surface area contributed by atoms with Crippen LogP contribution in [0.4, 0.5) is 10.1 Å². The molecule has 2 atom stereocenters. The number of ether oxygens (including phenoxy) is 1. The van der Waals surface area contributed by atoms with Gasteiger partial charge in [-0.1, -0.05) is 17.3 Å². The number of aliphatic hydroxyl groups is 1. The lowest BCUT2D eigenvalue weighted by atomic mass is 10.1. The molecule has 0 saturated heterocycles. The number of hydrogen-bond donors (Lipinski definition) is 2. The van der Waals surface area contributed by atoms with E-state index < -0.39 is 6.17 Å². The predicted octanol–water partition coefficient (Wildman–Crippen LogP) is 3.32. The summed E-state index contributed by atoms with van der Waals surface area (Å²) < 4.78 is 25.5. The minimum atomic E-state index is -0.915. The van der Waals surface area contributed by atoms with Gasteiger partial charge in [-0.2, -0.15) is 4.98 Å². The van der Waals surface area contributed by atoms with Crippen LogP contribution >= 0.6 is 0 Å². The average molecular weight is 465 g/mol. The van der Waals surface area contributed by atoms with Crippen molar-refractivity contribution < 1.29 is 23.6 Å². The van der Waals surface area contributed by atoms with Crippen LogP contribution in [0.15, 0.2) is 47.2 Å². The van der Waals surface area contributed by atoms with Gasteiger partial charge in [0, 0.05) is 17.4 Å². The number of halogens is 1. The van der Waals surface area contributed by atoms with Gasteiger partial charge in [-0.25, -0.2) is 9.37 Å². The molecule has 9 nitrogen and oxygen atoms in total. The highest BCUT2D eigenvalue weighted by Gasteiger charge is 2.43. The smallest absolute Gasteiger partial charge is 0.274 e. The van der Waals surface area contributed by atoms with E-state index in [1.54, 1.807) is 16.7 Å². The summed E-state index contributed by atoms with van der Waals surface area (Å²) >= 11 is 0. The van der Waals surface area contributed by atoms with Gasteiger partial charge >= 0.3 is 0 Å². The number of carbonyl (C=O) groups is 1. The van der Waals surface area contributed by atoms with Crippen LogP contribution in [-0.4, -0.2) is 56.5 Å². The Bertz CT molecular complexity index is 1330. The Labute approximate surface area is 194 Å². The predicted molar refractivity (Wildman–Crippen MR) is 121 cm³/mol. The van der Waals surface area contributed by atoms with Crippen molar-refractivity contribution in [3.05, 3.63) is 65.4 Å². The number of anilines is 1. The molecule has 0 bridgehead atoms. The third kappa shape index (κ3) is 4.55. The summed E-state index contributed by atoms with van der Waals surface area (Å²) in [5.74, 6) is 0.0436. The molecule has 1 saturated carbocycles. The molecule has 0 radical (unpaired) electrons. The monoisotopic (exact) mass is 465 g/mol. The van der Waals surface area contributed by atoms with E-state index in [9.17, 15) is 9.18 Å². The molecule has 3 heterocycles. The van der Waals surface area contributed by atoms with Gasteiger partial charge in [0.25, 0.3) is 5.91 Å². The second kappa shape index (κ2) is 9.32. The first-order chi connectivity index (χ1) is 16.5. The second-order valence-electron chi connectivity index (χ2n) is 8.29. The van der Waals surface area contributed by atoms with Crippen molar-refractivity contribution >= 4 is 17.2 Å². The Kier molecular flexibility index (Phi) is 6.08. The summed E-state index contributed by atoms with van der Waals surface area (Å²) in [4.78, 5) is 21.7. The van der Waals surface area contributed by atoms with Crippen LogP contribution in [0.2, 0.25) is 0 Å². The fourth-order valence-electron chi connectivity index (χ4n) is 3.71. The number of alkyl halides is 1. The van der Waals surface area contributed by atoms with Crippen LogP contribution in [-0.2, 0) is 11.2 Å². The highest BCUT2D eigenvalue weighted by molar-refractivity contribution is 6.04. The van der Waals surface area contributed by atoms with Crippen molar-refractivity contribution in [3.8, 4) is 11.4 Å². The second-order valence-corrected chi connectivity index (χ2v) is 8.29. The normalized spacial score (nSPS) is 17.3. The number of carbonyl (C=O) groups excluding carboxylic acids is 1. The Morgan fingerprint density at radius 3 is 2.97 bits per heavy atom. The van der Waals surface area contributed by atoms with Crippen LogP contribution in [0.1, 0.15) is 39.8 Å². The molecular weight excluding hydrogens is 441 g/mol. The lowest BCUT2D eigenvalue weighted by Crippen LogP contribution is -2.15. The van der Waals surface area contributed by atoms with Gasteiger partial charge in [-0.05, 0) is 49.1 Å². The van der Waals surface area contributed by atoms with Gasteiger partial charge in [-0.3, -0.25) is 9.20 Å². The van der Waals surface area contributed by atoms with E-state index in [0.29, 0.717) is 60.4 Å². The fraction of sp³-hybridized carbons (Fsp3) is 0.333. The number of aliphatic hydroxyl groups excluding tert-OH is 1. The largest absolute Gasteiger partial charge is 0.394 e. The zero-order chi connectivity index (χ0) is 23.7. The summed E-state index contributed by atoms with van der Waals surface area (Å²) in [7, 11) is 0. The van der Waals surface area contributed by atoms with Crippen LogP contribution in [0.5, 0.6) is 0 Å². The molecule has 1 aliphatic carbocycles. The van der Waals surface area contributed by atoms with Gasteiger partial charge in [0.2, 0.25) is 11.7 Å². The van der Waals surface area contributed by atoms with Crippen LogP contribution < -0.4 is 5.32 Å². The number of nitrogens with zero attached hydrogens (tertiary/aromatic N) is 4. The summed E-state index contributed by atoms with van der Waals surface area (Å²) in [5, 5.41) is 15.7. The van der Waals surface area contributed by atoms with Crippen molar-refractivity contribution in [1.29, 1.82) is 0 Å². The molecule has 0 spiro atoms. The topological polar surface area (TPSA) is 115 Å². The molecule has 1 aliphatic rings. The molecule has 3 aromatic heterocycles. The van der Waals surface area contributed by atoms with Gasteiger partial charge < -0.3 is 19.7 Å². The SMILES string of the molecule is Cc1ccc(-c2noc([C@H]3C[C@@H]3F)n2)cc1NC(=O)c1cnc2cc(CCOCCO)ccn12. The molecule has 1 aromatic carbocycles. The maximum absolute atomic E-state index is 13.3. The van der Waals surface area contributed by atoms with Crippen LogP contribution in [0, 0.1) is 6.92 Å². The summed E-state index contributed by atoms with van der Waals surface area (Å²) in [5.41, 5.74) is 4.21. The first-order valence-electron chi connectivity index (χ1n) is 11.1. The summed E-state index contributed by atoms with van der Waals surface area (Å²) in [6.07, 6.45) is 3.52. The van der Waals surface area contributed by atoms with E-state index in [0.717, 1.165) is 11.1 Å². The lowest BCUT2D eigenvalue weighted by molar-refractivity contribution is 0.0944. The third-order valence-electron chi connectivity index (χ3n) is 5.80. The number of rotatable bonds is 9. The molecule has 5 rings (SSSR count). The molecule has 0 unspecified atom stereocenters. The zero-order valence-corrected chi connectivity index (χ0v) is 18.6. The maximum Gasteiger partial charge on any atom is 0.274 e. The number of hydrogen-bond acceptors (Lipinski definition) is 7. The molecule has 4 aromatic rings. The molecule has 1 fully saturated rings. The standard InChI is InChI=1S/C24H24FN5O4/c1-14-2-3-16(22-28-24(34-29-22)17-12-18(17)25)11-19(14)27-23(32)20-13-26-21-10-15(4-6-30(20)21)5-8-33-9-7-31/h2-4,6,10-11,13,17-18,31H,5,7-9,12H2,1H3,(H,27,32)/t17-,18-/m0/s1.